The van der Waals surface area contributed by atoms with E-state index in [1.165, 1.54) is 6.07 Å². The van der Waals surface area contributed by atoms with Gasteiger partial charge in [-0.15, -0.1) is 0 Å². The van der Waals surface area contributed by atoms with E-state index in [0.717, 1.165) is 6.54 Å². The van der Waals surface area contributed by atoms with Gasteiger partial charge in [-0.1, -0.05) is 17.7 Å². The number of piperidine rings is 1. The normalized spacial score (nSPS) is 25.8. The van der Waals surface area contributed by atoms with Gasteiger partial charge < -0.3 is 5.32 Å². The first-order valence-electron chi connectivity index (χ1n) is 5.08. The number of nitrogens with one attached hydrogen (secondary N) is 1. The Bertz CT molecular complexity index is 405. The molecule has 1 aromatic rings. The van der Waals surface area contributed by atoms with Gasteiger partial charge in [-0.25, -0.2) is 8.78 Å². The highest BCUT2D eigenvalue weighted by Crippen LogP contribution is 2.38. The molecular formula is C11H11BrClF2N. The molecule has 5 heteroatoms. The highest BCUT2D eigenvalue weighted by molar-refractivity contribution is 9.10. The van der Waals surface area contributed by atoms with Crippen LogP contribution in [0.25, 0.3) is 0 Å². The fraction of sp³-hybridized carbons (Fsp3) is 0.455. The Morgan fingerprint density at radius 3 is 2.81 bits per heavy atom. The lowest BCUT2D eigenvalue weighted by atomic mass is 9.88. The highest BCUT2D eigenvalue weighted by Gasteiger charge is 2.36. The number of benzene rings is 1. The molecule has 1 atom stereocenters. The fourth-order valence-electron chi connectivity index (χ4n) is 1.97. The average Bonchev–Trinajstić information content (AvgIpc) is 2.27. The lowest BCUT2D eigenvalue weighted by molar-refractivity contribution is 0.117. The monoisotopic (exact) mass is 309 g/mol. The summed E-state index contributed by atoms with van der Waals surface area (Å²) in [6, 6.07) is 3.04. The fourth-order valence-corrected chi connectivity index (χ4v) is 2.44. The average molecular weight is 311 g/mol. The van der Waals surface area contributed by atoms with Crippen molar-refractivity contribution in [3.8, 4) is 0 Å². The van der Waals surface area contributed by atoms with Crippen LogP contribution in [-0.2, 0) is 5.67 Å². The molecule has 0 amide bonds. The Morgan fingerprint density at radius 2 is 2.19 bits per heavy atom. The third-order valence-electron chi connectivity index (χ3n) is 2.85. The molecule has 0 aliphatic carbocycles. The van der Waals surface area contributed by atoms with E-state index in [9.17, 15) is 8.78 Å². The summed E-state index contributed by atoms with van der Waals surface area (Å²) in [4.78, 5) is 0. The van der Waals surface area contributed by atoms with E-state index >= 15 is 0 Å². The lowest BCUT2D eigenvalue weighted by Gasteiger charge is -2.31. The molecule has 1 N–H and O–H groups in total. The van der Waals surface area contributed by atoms with E-state index in [1.54, 1.807) is 6.07 Å². The lowest BCUT2D eigenvalue weighted by Crippen LogP contribution is -2.40. The summed E-state index contributed by atoms with van der Waals surface area (Å²) in [6.07, 6.45) is 1.03. The first kappa shape index (κ1) is 12.3. The molecule has 0 spiro atoms. The van der Waals surface area contributed by atoms with Crippen molar-refractivity contribution in [2.75, 3.05) is 13.1 Å². The van der Waals surface area contributed by atoms with E-state index in [2.05, 4.69) is 21.2 Å². The Balaban J connectivity index is 2.43. The summed E-state index contributed by atoms with van der Waals surface area (Å²) in [6.45, 7) is 0.916. The van der Waals surface area contributed by atoms with Gasteiger partial charge in [0.05, 0.1) is 5.02 Å². The van der Waals surface area contributed by atoms with Gasteiger partial charge in [-0.3, -0.25) is 0 Å². The Hall–Kier alpha value is -0.190. The summed E-state index contributed by atoms with van der Waals surface area (Å²) in [5.74, 6) is -0.665. The predicted molar refractivity (Wildman–Crippen MR) is 64.0 cm³/mol. The summed E-state index contributed by atoms with van der Waals surface area (Å²) < 4.78 is 28.8. The topological polar surface area (TPSA) is 12.0 Å². The van der Waals surface area contributed by atoms with E-state index in [1.807, 2.05) is 0 Å². The number of hydrogen-bond acceptors (Lipinski definition) is 1. The second-order valence-corrected chi connectivity index (χ2v) is 5.20. The van der Waals surface area contributed by atoms with Crippen molar-refractivity contribution in [3.05, 3.63) is 33.0 Å². The smallest absolute Gasteiger partial charge is 0.151 e. The Morgan fingerprint density at radius 1 is 1.44 bits per heavy atom. The number of alkyl halides is 1. The molecule has 2 rings (SSSR count). The van der Waals surface area contributed by atoms with E-state index in [0.29, 0.717) is 17.3 Å². The first-order chi connectivity index (χ1) is 7.54. The zero-order chi connectivity index (χ0) is 11.8. The molecule has 1 aliphatic heterocycles. The van der Waals surface area contributed by atoms with Crippen molar-refractivity contribution < 1.29 is 8.78 Å². The minimum absolute atomic E-state index is 0.0490. The zero-order valence-electron chi connectivity index (χ0n) is 8.49. The van der Waals surface area contributed by atoms with Crippen molar-refractivity contribution in [3.63, 3.8) is 0 Å². The number of rotatable bonds is 1. The van der Waals surface area contributed by atoms with Crippen LogP contribution in [0.2, 0.25) is 5.02 Å². The molecule has 0 saturated carbocycles. The molecule has 1 unspecified atom stereocenters. The van der Waals surface area contributed by atoms with Crippen LogP contribution in [0.15, 0.2) is 16.6 Å². The van der Waals surface area contributed by atoms with Gasteiger partial charge in [-0.2, -0.15) is 0 Å². The van der Waals surface area contributed by atoms with Gasteiger partial charge in [0.25, 0.3) is 0 Å². The molecule has 1 aromatic carbocycles. The Kier molecular flexibility index (Phi) is 3.52. The SMILES string of the molecule is Fc1c(C2(F)CCCNC2)ccc(Br)c1Cl. The quantitative estimate of drug-likeness (QED) is 0.778. The standard InChI is InChI=1S/C11H11BrClF2N/c12-8-3-2-7(10(14)9(8)13)11(15)4-1-5-16-6-11/h2-3,16H,1,4-6H2. The summed E-state index contributed by atoms with van der Waals surface area (Å²) in [5.41, 5.74) is -1.60. The maximum atomic E-state index is 14.5. The molecule has 1 fully saturated rings. The van der Waals surface area contributed by atoms with Crippen molar-refractivity contribution >= 4 is 27.5 Å². The van der Waals surface area contributed by atoms with Gasteiger partial charge in [0.1, 0.15) is 5.82 Å². The second-order valence-electron chi connectivity index (χ2n) is 3.97. The minimum atomic E-state index is -1.65. The summed E-state index contributed by atoms with van der Waals surface area (Å²) in [5, 5.41) is 2.88. The molecular weight excluding hydrogens is 299 g/mol. The molecule has 1 heterocycles. The molecule has 1 nitrogen and oxygen atoms in total. The number of halogens is 4. The summed E-state index contributed by atoms with van der Waals surface area (Å²) >= 11 is 8.87. The van der Waals surface area contributed by atoms with Crippen LogP contribution < -0.4 is 5.32 Å². The molecule has 0 aromatic heterocycles. The highest BCUT2D eigenvalue weighted by atomic mass is 79.9. The van der Waals surface area contributed by atoms with E-state index < -0.39 is 11.5 Å². The number of hydrogen-bond donors (Lipinski definition) is 1. The van der Waals surface area contributed by atoms with Crippen molar-refractivity contribution in [2.45, 2.75) is 18.5 Å². The molecule has 88 valence electrons. The van der Waals surface area contributed by atoms with Crippen molar-refractivity contribution in [2.24, 2.45) is 0 Å². The first-order valence-corrected chi connectivity index (χ1v) is 6.25. The van der Waals surface area contributed by atoms with Crippen LogP contribution in [-0.4, -0.2) is 13.1 Å². The minimum Gasteiger partial charge on any atom is -0.313 e. The zero-order valence-corrected chi connectivity index (χ0v) is 10.8. The van der Waals surface area contributed by atoms with Gasteiger partial charge in [0.2, 0.25) is 0 Å². The van der Waals surface area contributed by atoms with Crippen LogP contribution in [0.4, 0.5) is 8.78 Å². The molecule has 16 heavy (non-hydrogen) atoms. The maximum Gasteiger partial charge on any atom is 0.151 e. The van der Waals surface area contributed by atoms with Gasteiger partial charge >= 0.3 is 0 Å². The third-order valence-corrected chi connectivity index (χ3v) is 4.11. The van der Waals surface area contributed by atoms with Crippen LogP contribution in [0, 0.1) is 5.82 Å². The maximum absolute atomic E-state index is 14.5. The van der Waals surface area contributed by atoms with Gasteiger partial charge in [0, 0.05) is 16.6 Å². The van der Waals surface area contributed by atoms with Crippen LogP contribution in [0.3, 0.4) is 0 Å². The van der Waals surface area contributed by atoms with Gasteiger partial charge in [0.15, 0.2) is 5.67 Å². The third kappa shape index (κ3) is 2.11. The molecule has 0 radical (unpaired) electrons. The molecule has 1 aliphatic rings. The van der Waals surface area contributed by atoms with Crippen LogP contribution in [0.1, 0.15) is 18.4 Å². The second kappa shape index (κ2) is 4.59. The van der Waals surface area contributed by atoms with Crippen molar-refractivity contribution in [1.82, 2.24) is 5.32 Å². The van der Waals surface area contributed by atoms with Crippen molar-refractivity contribution in [1.29, 1.82) is 0 Å². The molecule has 1 saturated heterocycles. The van der Waals surface area contributed by atoms with E-state index in [4.69, 9.17) is 11.6 Å². The summed E-state index contributed by atoms with van der Waals surface area (Å²) in [7, 11) is 0. The van der Waals surface area contributed by atoms with Crippen LogP contribution in [0.5, 0.6) is 0 Å². The predicted octanol–water partition coefficient (Wildman–Crippen LogP) is 3.79. The van der Waals surface area contributed by atoms with E-state index in [-0.39, 0.29) is 17.1 Å². The largest absolute Gasteiger partial charge is 0.313 e. The Labute approximate surface area is 106 Å². The van der Waals surface area contributed by atoms with Gasteiger partial charge in [-0.05, 0) is 41.4 Å². The molecule has 0 bridgehead atoms. The van der Waals surface area contributed by atoms with Crippen LogP contribution >= 0.6 is 27.5 Å².